The molecule has 1 aliphatic rings. The van der Waals surface area contributed by atoms with E-state index >= 15 is 4.39 Å². The predicted molar refractivity (Wildman–Crippen MR) is 178 cm³/mol. The van der Waals surface area contributed by atoms with E-state index in [-0.39, 0.29) is 29.6 Å². The lowest BCUT2D eigenvalue weighted by molar-refractivity contribution is -0.138. The zero-order chi connectivity index (χ0) is 34.3. The Balaban J connectivity index is 1.58. The van der Waals surface area contributed by atoms with Crippen LogP contribution in [0, 0.1) is 5.82 Å². The van der Waals surface area contributed by atoms with Gasteiger partial charge in [-0.1, -0.05) is 57.2 Å². The molecule has 4 amide bonds. The topological polar surface area (TPSA) is 129 Å². The Kier molecular flexibility index (Phi) is 11.7. The van der Waals surface area contributed by atoms with Crippen LogP contribution in [0.5, 0.6) is 0 Å². The Morgan fingerprint density at radius 2 is 1.68 bits per heavy atom. The molecule has 1 saturated heterocycles. The van der Waals surface area contributed by atoms with Crippen molar-refractivity contribution in [3.8, 4) is 0 Å². The predicted octanol–water partition coefficient (Wildman–Crippen LogP) is 2.64. The Morgan fingerprint density at radius 3 is 2.30 bits per heavy atom. The van der Waals surface area contributed by atoms with Gasteiger partial charge in [0.15, 0.2) is 0 Å². The van der Waals surface area contributed by atoms with Crippen LogP contribution in [0.3, 0.4) is 0 Å². The number of hydrogen-bond donors (Lipinski definition) is 3. The highest BCUT2D eigenvalue weighted by Gasteiger charge is 2.39. The molecule has 4 atom stereocenters. The molecule has 0 saturated carbocycles. The molecule has 13 heteroatoms. The van der Waals surface area contributed by atoms with Crippen molar-refractivity contribution in [1.82, 2.24) is 30.2 Å². The van der Waals surface area contributed by atoms with Crippen molar-refractivity contribution in [2.75, 3.05) is 38.5 Å². The Hall–Kier alpha value is -4.36. The number of carbonyl (C=O) groups is 4. The first-order chi connectivity index (χ1) is 22.4. The summed E-state index contributed by atoms with van der Waals surface area (Å²) in [5.74, 6) is -2.94. The zero-order valence-electron chi connectivity index (χ0n) is 27.5. The molecule has 0 spiro atoms. The molecule has 1 aromatic heterocycles. The maximum atomic E-state index is 15.7. The second kappa shape index (κ2) is 15.5. The first-order valence-corrected chi connectivity index (χ1v) is 16.4. The van der Waals surface area contributed by atoms with Crippen LogP contribution < -0.4 is 16.0 Å². The number of rotatable bonds is 12. The van der Waals surface area contributed by atoms with Crippen molar-refractivity contribution in [3.63, 3.8) is 0 Å². The van der Waals surface area contributed by atoms with Gasteiger partial charge in [0, 0.05) is 66.5 Å². The molecule has 3 radical (unpaired) electrons. The van der Waals surface area contributed by atoms with Crippen molar-refractivity contribution in [2.45, 2.75) is 63.7 Å². The first kappa shape index (κ1) is 35.5. The van der Waals surface area contributed by atoms with E-state index in [2.05, 4.69) is 36.2 Å². The minimum Gasteiger partial charge on any atom is -0.344 e. The average Bonchev–Trinajstić information content (AvgIpc) is 3.56. The summed E-state index contributed by atoms with van der Waals surface area (Å²) in [7, 11) is 5.73. The second-order valence-electron chi connectivity index (χ2n) is 12.1. The monoisotopic (exact) mass is 660 g/mol. The van der Waals surface area contributed by atoms with Gasteiger partial charge in [0.05, 0.1) is 5.69 Å². The molecule has 47 heavy (non-hydrogen) atoms. The van der Waals surface area contributed by atoms with Crippen LogP contribution in [0.4, 0.5) is 10.1 Å². The van der Waals surface area contributed by atoms with E-state index in [1.54, 1.807) is 37.8 Å². The lowest BCUT2D eigenvalue weighted by Gasteiger charge is -2.36. The van der Waals surface area contributed by atoms with Crippen molar-refractivity contribution >= 4 is 39.6 Å². The average molecular weight is 661 g/mol. The number of carbonyl (C=O) groups excluding carboxylic acids is 4. The number of benzene rings is 2. The fourth-order valence-electron chi connectivity index (χ4n) is 5.62. The quantitative estimate of drug-likeness (QED) is 0.257. The van der Waals surface area contributed by atoms with Crippen molar-refractivity contribution in [3.05, 3.63) is 83.4 Å². The number of anilines is 1. The Morgan fingerprint density at radius 1 is 1.00 bits per heavy atom. The van der Waals surface area contributed by atoms with Crippen LogP contribution in [0.2, 0.25) is 0 Å². The summed E-state index contributed by atoms with van der Waals surface area (Å²) in [6.07, 6.45) is 1.71. The first-order valence-electron chi connectivity index (χ1n) is 15.9. The van der Waals surface area contributed by atoms with Gasteiger partial charge in [-0.05, 0) is 43.3 Å². The normalized spacial score (nSPS) is 16.8. The van der Waals surface area contributed by atoms with E-state index in [1.165, 1.54) is 23.0 Å². The number of hydrogen-bond acceptors (Lipinski definition) is 6. The van der Waals surface area contributed by atoms with Gasteiger partial charge in [-0.3, -0.25) is 23.9 Å². The highest BCUT2D eigenvalue weighted by molar-refractivity contribution is 6.20. The zero-order valence-corrected chi connectivity index (χ0v) is 28.5. The maximum Gasteiger partial charge on any atom is 0.270 e. The number of nitrogens with zero attached hydrogens (tertiary/aromatic N) is 4. The van der Waals surface area contributed by atoms with Gasteiger partial charge in [-0.15, -0.1) is 0 Å². The highest BCUT2D eigenvalue weighted by Crippen LogP contribution is 2.28. The number of nitrogens with one attached hydrogen (secondary N) is 3. The molecule has 11 nitrogen and oxygen atoms in total. The number of piperazine rings is 1. The van der Waals surface area contributed by atoms with E-state index in [0.29, 0.717) is 25.2 Å². The molecule has 2 heterocycles. The highest BCUT2D eigenvalue weighted by atomic mass is 28.1. The van der Waals surface area contributed by atoms with Gasteiger partial charge in [0.1, 0.15) is 23.6 Å². The molecule has 0 bridgehead atoms. The van der Waals surface area contributed by atoms with Crippen molar-refractivity contribution < 1.29 is 23.6 Å². The minimum atomic E-state index is -1.18. The van der Waals surface area contributed by atoms with Crippen molar-refractivity contribution in [1.29, 1.82) is 0 Å². The Bertz CT molecular complexity index is 1570. The summed E-state index contributed by atoms with van der Waals surface area (Å²) in [5, 5.41) is 11.4. The molecule has 4 rings (SSSR count). The SMILES string of the molecule is CCC(=O)N[C@@H](C(=O)N1CCN(C)CC1)[C@@H](C)c1ccc(NC(=O)C(NC(=O)c2ccnn2CC)C(C)([Si])c2ccccc2)c(F)c1. The fraction of sp³-hybridized carbons (Fsp3) is 0.441. The summed E-state index contributed by atoms with van der Waals surface area (Å²) in [5.41, 5.74) is 1.38. The molecular weight excluding hydrogens is 618 g/mol. The van der Waals surface area contributed by atoms with Crippen LogP contribution in [-0.4, -0.2) is 98.8 Å². The van der Waals surface area contributed by atoms with E-state index in [1.807, 2.05) is 44.3 Å². The number of aromatic nitrogens is 2. The fourth-order valence-corrected chi connectivity index (χ4v) is 5.99. The number of aryl methyl sites for hydroxylation is 1. The van der Waals surface area contributed by atoms with Crippen LogP contribution >= 0.6 is 0 Å². The van der Waals surface area contributed by atoms with Crippen LogP contribution in [0.1, 0.15) is 61.6 Å². The maximum absolute atomic E-state index is 15.7. The van der Waals surface area contributed by atoms with Crippen LogP contribution in [-0.2, 0) is 26.0 Å². The smallest absolute Gasteiger partial charge is 0.270 e. The van der Waals surface area contributed by atoms with Gasteiger partial charge >= 0.3 is 0 Å². The summed E-state index contributed by atoms with van der Waals surface area (Å²) >= 11 is 0. The third-order valence-corrected chi connectivity index (χ3v) is 9.31. The second-order valence-corrected chi connectivity index (χ2v) is 13.1. The Labute approximate surface area is 278 Å². The molecular formula is C34H43FN7O4Si. The van der Waals surface area contributed by atoms with Gasteiger partial charge in [-0.2, -0.15) is 5.10 Å². The third-order valence-electron chi connectivity index (χ3n) is 8.73. The molecule has 249 valence electrons. The molecule has 3 N–H and O–H groups in total. The van der Waals surface area contributed by atoms with E-state index in [9.17, 15) is 19.2 Å². The standard InChI is InChI=1S/C34H43FN7O4Si/c1-6-28(43)38-29(33(46)41-19-17-40(5)18-20-41)22(3)23-13-14-26(25(35)21-23)37-32(45)30(34(4,47)24-11-9-8-10-12-24)39-31(44)27-15-16-36-42(27)7-2/h8-16,21-22,29-30H,6-7,17-20H2,1-5H3,(H,37,45)(H,38,43)(H,39,44)/t22-,29+,30?,34?/m0/s1. The lowest BCUT2D eigenvalue weighted by atomic mass is 9.90. The van der Waals surface area contributed by atoms with Crippen LogP contribution in [0.25, 0.3) is 0 Å². The van der Waals surface area contributed by atoms with Gasteiger partial charge < -0.3 is 25.8 Å². The molecule has 1 fully saturated rings. The van der Waals surface area contributed by atoms with Crippen LogP contribution in [0.15, 0.2) is 60.8 Å². The molecule has 1 aliphatic heterocycles. The van der Waals surface area contributed by atoms with E-state index < -0.39 is 40.7 Å². The van der Waals surface area contributed by atoms with E-state index in [4.69, 9.17) is 0 Å². The number of amides is 4. The molecule has 3 aromatic rings. The number of halogens is 1. The lowest BCUT2D eigenvalue weighted by Crippen LogP contribution is -2.56. The van der Waals surface area contributed by atoms with E-state index in [0.717, 1.165) is 18.7 Å². The molecule has 2 aromatic carbocycles. The summed E-state index contributed by atoms with van der Waals surface area (Å²) in [6.45, 7) is 10.0. The summed E-state index contributed by atoms with van der Waals surface area (Å²) < 4.78 is 17.2. The third kappa shape index (κ3) is 8.33. The summed E-state index contributed by atoms with van der Waals surface area (Å²) in [6, 6.07) is 12.9. The molecule has 2 unspecified atom stereocenters. The largest absolute Gasteiger partial charge is 0.344 e. The summed E-state index contributed by atoms with van der Waals surface area (Å²) in [4.78, 5) is 57.1. The number of likely N-dealkylation sites (N-methyl/N-ethyl adjacent to an activating group) is 1. The minimum absolute atomic E-state index is 0.0983. The van der Waals surface area contributed by atoms with Gasteiger partial charge in [0.25, 0.3) is 5.91 Å². The van der Waals surface area contributed by atoms with Gasteiger partial charge in [0.2, 0.25) is 17.7 Å². The van der Waals surface area contributed by atoms with Gasteiger partial charge in [-0.25, -0.2) is 4.39 Å². The van der Waals surface area contributed by atoms with Crippen molar-refractivity contribution in [2.24, 2.45) is 0 Å². The molecule has 0 aliphatic carbocycles.